The van der Waals surface area contributed by atoms with E-state index in [1.165, 1.54) is 19.3 Å². The van der Waals surface area contributed by atoms with Crippen molar-refractivity contribution in [2.75, 3.05) is 13.6 Å². The standard InChI is InChI=1S/C13H22N4/c1-3-4-5-9-17(2)10-11-7-6-8-16-12(11)13(14)15/h6-8H,3-5,9-10H2,1-2H3,(H3,14,15). The molecule has 17 heavy (non-hydrogen) atoms. The molecule has 0 unspecified atom stereocenters. The molecule has 0 bridgehead atoms. The number of rotatable bonds is 7. The van der Waals surface area contributed by atoms with Crippen LogP contribution in [0.5, 0.6) is 0 Å². The van der Waals surface area contributed by atoms with E-state index in [4.69, 9.17) is 11.1 Å². The molecule has 1 aromatic heterocycles. The van der Waals surface area contributed by atoms with Crippen LogP contribution in [0.25, 0.3) is 0 Å². The van der Waals surface area contributed by atoms with E-state index in [0.29, 0.717) is 5.69 Å². The van der Waals surface area contributed by atoms with Gasteiger partial charge < -0.3 is 10.6 Å². The Hall–Kier alpha value is -1.42. The molecule has 3 N–H and O–H groups in total. The molecule has 1 rings (SSSR count). The molecule has 0 aromatic carbocycles. The maximum atomic E-state index is 7.49. The van der Waals surface area contributed by atoms with Crippen LogP contribution in [0.4, 0.5) is 0 Å². The van der Waals surface area contributed by atoms with Crippen molar-refractivity contribution >= 4 is 5.84 Å². The van der Waals surface area contributed by atoms with Crippen molar-refractivity contribution in [3.05, 3.63) is 29.6 Å². The average molecular weight is 234 g/mol. The van der Waals surface area contributed by atoms with Crippen LogP contribution in [0.3, 0.4) is 0 Å². The Morgan fingerprint density at radius 2 is 2.24 bits per heavy atom. The highest BCUT2D eigenvalue weighted by Crippen LogP contribution is 2.08. The Bertz CT molecular complexity index is 362. The smallest absolute Gasteiger partial charge is 0.142 e. The van der Waals surface area contributed by atoms with Crippen LogP contribution >= 0.6 is 0 Å². The van der Waals surface area contributed by atoms with Crippen LogP contribution in [-0.4, -0.2) is 29.3 Å². The summed E-state index contributed by atoms with van der Waals surface area (Å²) in [6.07, 6.45) is 5.39. The second-order valence-corrected chi connectivity index (χ2v) is 4.37. The second kappa shape index (κ2) is 7.01. The molecule has 0 spiro atoms. The van der Waals surface area contributed by atoms with Crippen LogP contribution in [0.1, 0.15) is 37.4 Å². The minimum atomic E-state index is 0.0440. The number of nitrogens with two attached hydrogens (primary N) is 1. The third kappa shape index (κ3) is 4.53. The fourth-order valence-electron chi connectivity index (χ4n) is 1.81. The molecule has 0 saturated heterocycles. The van der Waals surface area contributed by atoms with Crippen LogP contribution in [0, 0.1) is 5.41 Å². The predicted octanol–water partition coefficient (Wildman–Crippen LogP) is 1.99. The number of aromatic nitrogens is 1. The van der Waals surface area contributed by atoms with Crippen molar-refractivity contribution in [2.24, 2.45) is 5.73 Å². The van der Waals surface area contributed by atoms with E-state index in [1.807, 2.05) is 12.1 Å². The number of unbranched alkanes of at least 4 members (excludes halogenated alkanes) is 2. The van der Waals surface area contributed by atoms with Gasteiger partial charge in [-0.3, -0.25) is 10.4 Å². The normalized spacial score (nSPS) is 10.8. The van der Waals surface area contributed by atoms with Gasteiger partial charge in [0.1, 0.15) is 11.5 Å². The van der Waals surface area contributed by atoms with Gasteiger partial charge in [-0.15, -0.1) is 0 Å². The SMILES string of the molecule is CCCCCN(C)Cc1cccnc1C(=N)N. The Labute approximate surface area is 103 Å². The van der Waals surface area contributed by atoms with Gasteiger partial charge in [0.15, 0.2) is 0 Å². The van der Waals surface area contributed by atoms with Gasteiger partial charge in [0.05, 0.1) is 0 Å². The highest BCUT2D eigenvalue weighted by molar-refractivity contribution is 5.94. The van der Waals surface area contributed by atoms with Crippen LogP contribution in [0.15, 0.2) is 18.3 Å². The third-order valence-electron chi connectivity index (χ3n) is 2.73. The first-order valence-corrected chi connectivity index (χ1v) is 6.12. The van der Waals surface area contributed by atoms with E-state index in [0.717, 1.165) is 18.7 Å². The van der Waals surface area contributed by atoms with Gasteiger partial charge in [-0.1, -0.05) is 25.8 Å². The van der Waals surface area contributed by atoms with Crippen molar-refractivity contribution in [2.45, 2.75) is 32.7 Å². The molecule has 94 valence electrons. The molecule has 0 radical (unpaired) electrons. The molecule has 1 aromatic rings. The first-order valence-electron chi connectivity index (χ1n) is 6.12. The topological polar surface area (TPSA) is 66.0 Å². The number of hydrogen-bond donors (Lipinski definition) is 2. The highest BCUT2D eigenvalue weighted by Gasteiger charge is 2.08. The number of nitrogens with zero attached hydrogens (tertiary/aromatic N) is 2. The van der Waals surface area contributed by atoms with Crippen LogP contribution < -0.4 is 5.73 Å². The first kappa shape index (κ1) is 13.6. The van der Waals surface area contributed by atoms with Crippen LogP contribution in [0.2, 0.25) is 0 Å². The van der Waals surface area contributed by atoms with E-state index in [1.54, 1.807) is 6.20 Å². The summed E-state index contributed by atoms with van der Waals surface area (Å²) in [6, 6.07) is 3.88. The lowest BCUT2D eigenvalue weighted by Crippen LogP contribution is -2.23. The molecular weight excluding hydrogens is 212 g/mol. The summed E-state index contributed by atoms with van der Waals surface area (Å²) >= 11 is 0. The van der Waals surface area contributed by atoms with Gasteiger partial charge in [0, 0.05) is 12.7 Å². The van der Waals surface area contributed by atoms with E-state index in [-0.39, 0.29) is 5.84 Å². The molecular formula is C13H22N4. The summed E-state index contributed by atoms with van der Waals surface area (Å²) < 4.78 is 0. The molecule has 1 heterocycles. The fraction of sp³-hybridized carbons (Fsp3) is 0.538. The van der Waals surface area contributed by atoms with E-state index >= 15 is 0 Å². The maximum Gasteiger partial charge on any atom is 0.142 e. The Morgan fingerprint density at radius 3 is 2.88 bits per heavy atom. The van der Waals surface area contributed by atoms with Gasteiger partial charge in [-0.25, -0.2) is 0 Å². The highest BCUT2D eigenvalue weighted by atomic mass is 15.1. The molecule has 0 saturated carbocycles. The monoisotopic (exact) mass is 234 g/mol. The largest absolute Gasteiger partial charge is 0.382 e. The summed E-state index contributed by atoms with van der Waals surface area (Å²) in [7, 11) is 2.09. The predicted molar refractivity (Wildman–Crippen MR) is 71.1 cm³/mol. The summed E-state index contributed by atoms with van der Waals surface area (Å²) in [6.45, 7) is 4.07. The van der Waals surface area contributed by atoms with Gasteiger partial charge in [0.2, 0.25) is 0 Å². The maximum absolute atomic E-state index is 7.49. The number of nitrogens with one attached hydrogen (secondary N) is 1. The Morgan fingerprint density at radius 1 is 1.47 bits per heavy atom. The third-order valence-corrected chi connectivity index (χ3v) is 2.73. The van der Waals surface area contributed by atoms with Crippen molar-refractivity contribution in [1.29, 1.82) is 5.41 Å². The Balaban J connectivity index is 2.58. The van der Waals surface area contributed by atoms with Gasteiger partial charge in [-0.2, -0.15) is 0 Å². The van der Waals surface area contributed by atoms with Gasteiger partial charge >= 0.3 is 0 Å². The zero-order chi connectivity index (χ0) is 12.7. The first-order chi connectivity index (χ1) is 8.15. The number of hydrogen-bond acceptors (Lipinski definition) is 3. The number of amidine groups is 1. The summed E-state index contributed by atoms with van der Waals surface area (Å²) in [4.78, 5) is 6.40. The van der Waals surface area contributed by atoms with Gasteiger partial charge in [0.25, 0.3) is 0 Å². The number of pyridine rings is 1. The Kier molecular flexibility index (Phi) is 5.63. The molecule has 4 heteroatoms. The summed E-state index contributed by atoms with van der Waals surface area (Å²) in [5.74, 6) is 0.0440. The van der Waals surface area contributed by atoms with Crippen molar-refractivity contribution in [3.8, 4) is 0 Å². The average Bonchev–Trinajstić information content (AvgIpc) is 2.29. The van der Waals surface area contributed by atoms with E-state index < -0.39 is 0 Å². The molecule has 0 aliphatic heterocycles. The van der Waals surface area contributed by atoms with E-state index in [9.17, 15) is 0 Å². The van der Waals surface area contributed by atoms with E-state index in [2.05, 4.69) is 23.9 Å². The van der Waals surface area contributed by atoms with Crippen molar-refractivity contribution in [1.82, 2.24) is 9.88 Å². The molecule has 0 atom stereocenters. The fourth-order valence-corrected chi connectivity index (χ4v) is 1.81. The van der Waals surface area contributed by atoms with Crippen molar-refractivity contribution in [3.63, 3.8) is 0 Å². The second-order valence-electron chi connectivity index (χ2n) is 4.37. The molecule has 0 fully saturated rings. The lowest BCUT2D eigenvalue weighted by atomic mass is 10.1. The minimum Gasteiger partial charge on any atom is -0.382 e. The molecule has 0 aliphatic rings. The zero-order valence-electron chi connectivity index (χ0n) is 10.7. The molecule has 4 nitrogen and oxygen atoms in total. The quantitative estimate of drug-likeness (QED) is 0.431. The molecule has 0 aliphatic carbocycles. The molecule has 0 amide bonds. The summed E-state index contributed by atoms with van der Waals surface area (Å²) in [5.41, 5.74) is 7.15. The number of nitrogen functional groups attached to an aromatic ring is 1. The van der Waals surface area contributed by atoms with Crippen molar-refractivity contribution < 1.29 is 0 Å². The minimum absolute atomic E-state index is 0.0440. The lowest BCUT2D eigenvalue weighted by molar-refractivity contribution is 0.317. The van der Waals surface area contributed by atoms with Crippen LogP contribution in [-0.2, 0) is 6.54 Å². The van der Waals surface area contributed by atoms with Gasteiger partial charge in [-0.05, 0) is 31.6 Å². The lowest BCUT2D eigenvalue weighted by Gasteiger charge is -2.17. The zero-order valence-corrected chi connectivity index (χ0v) is 10.7. The summed E-state index contributed by atoms with van der Waals surface area (Å²) in [5, 5.41) is 7.49.